The van der Waals surface area contributed by atoms with Crippen molar-refractivity contribution in [1.82, 2.24) is 15.6 Å². The van der Waals surface area contributed by atoms with Gasteiger partial charge in [0.1, 0.15) is 0 Å². The lowest BCUT2D eigenvalue weighted by molar-refractivity contribution is -0.122. The third kappa shape index (κ3) is 4.53. The van der Waals surface area contributed by atoms with Crippen molar-refractivity contribution in [2.75, 3.05) is 6.54 Å². The maximum atomic E-state index is 11.6. The van der Waals surface area contributed by atoms with Crippen molar-refractivity contribution < 1.29 is 4.79 Å². The van der Waals surface area contributed by atoms with Gasteiger partial charge >= 0.3 is 0 Å². The van der Waals surface area contributed by atoms with E-state index < -0.39 is 0 Å². The normalized spacial score (nSPS) is 12.2. The van der Waals surface area contributed by atoms with Gasteiger partial charge in [0.25, 0.3) is 0 Å². The second-order valence-corrected chi connectivity index (χ2v) is 4.16. The number of aryl methyl sites for hydroxylation is 1. The van der Waals surface area contributed by atoms with E-state index in [2.05, 4.69) is 15.6 Å². The van der Waals surface area contributed by atoms with Crippen LogP contribution in [0.5, 0.6) is 0 Å². The Kier molecular flexibility index (Phi) is 5.63. The van der Waals surface area contributed by atoms with Gasteiger partial charge in [-0.25, -0.2) is 0 Å². The van der Waals surface area contributed by atoms with Crippen LogP contribution in [0.3, 0.4) is 0 Å². The number of aromatic nitrogens is 1. The Balaban J connectivity index is 2.40. The second kappa shape index (κ2) is 7.01. The van der Waals surface area contributed by atoms with Crippen molar-refractivity contribution in [3.63, 3.8) is 0 Å². The molecule has 0 fully saturated rings. The molecule has 0 aromatic carbocycles. The molecule has 0 spiro atoms. The van der Waals surface area contributed by atoms with Crippen LogP contribution >= 0.6 is 0 Å². The SMILES string of the molecule is CCCNC(=O)C(C)NCc1ncccc1C. The van der Waals surface area contributed by atoms with Crippen molar-refractivity contribution in [2.24, 2.45) is 0 Å². The zero-order chi connectivity index (χ0) is 12.7. The minimum absolute atomic E-state index is 0.0421. The summed E-state index contributed by atoms with van der Waals surface area (Å²) in [7, 11) is 0. The molecule has 4 nitrogen and oxygen atoms in total. The van der Waals surface area contributed by atoms with Gasteiger partial charge in [-0.2, -0.15) is 0 Å². The molecule has 1 atom stereocenters. The second-order valence-electron chi connectivity index (χ2n) is 4.16. The highest BCUT2D eigenvalue weighted by Crippen LogP contribution is 2.02. The fraction of sp³-hybridized carbons (Fsp3) is 0.538. The maximum absolute atomic E-state index is 11.6. The summed E-state index contributed by atoms with van der Waals surface area (Å²) in [6, 6.07) is 3.74. The maximum Gasteiger partial charge on any atom is 0.236 e. The summed E-state index contributed by atoms with van der Waals surface area (Å²) in [5.74, 6) is 0.0421. The van der Waals surface area contributed by atoms with Gasteiger partial charge in [-0.1, -0.05) is 13.0 Å². The molecule has 1 amide bonds. The van der Waals surface area contributed by atoms with Crippen LogP contribution < -0.4 is 10.6 Å². The van der Waals surface area contributed by atoms with Gasteiger partial charge in [0.2, 0.25) is 5.91 Å². The van der Waals surface area contributed by atoms with Gasteiger partial charge in [0.05, 0.1) is 11.7 Å². The topological polar surface area (TPSA) is 54.0 Å². The Labute approximate surface area is 103 Å². The highest BCUT2D eigenvalue weighted by atomic mass is 16.2. The summed E-state index contributed by atoms with van der Waals surface area (Å²) < 4.78 is 0. The van der Waals surface area contributed by atoms with Crippen LogP contribution in [0.25, 0.3) is 0 Å². The Morgan fingerprint density at radius 3 is 2.94 bits per heavy atom. The van der Waals surface area contributed by atoms with Gasteiger partial charge in [-0.3, -0.25) is 9.78 Å². The molecule has 1 heterocycles. The number of hydrogen-bond donors (Lipinski definition) is 2. The molecule has 94 valence electrons. The number of rotatable bonds is 6. The number of nitrogens with zero attached hydrogens (tertiary/aromatic N) is 1. The molecule has 0 saturated carbocycles. The summed E-state index contributed by atoms with van der Waals surface area (Å²) in [5.41, 5.74) is 2.13. The van der Waals surface area contributed by atoms with Gasteiger partial charge in [-0.15, -0.1) is 0 Å². The number of hydrogen-bond acceptors (Lipinski definition) is 3. The summed E-state index contributed by atoms with van der Waals surface area (Å²) in [4.78, 5) is 15.9. The molecule has 0 bridgehead atoms. The highest BCUT2D eigenvalue weighted by Gasteiger charge is 2.11. The fourth-order valence-corrected chi connectivity index (χ4v) is 1.45. The molecule has 0 aliphatic rings. The van der Waals surface area contributed by atoms with Crippen molar-refractivity contribution in [2.45, 2.75) is 39.8 Å². The van der Waals surface area contributed by atoms with E-state index in [-0.39, 0.29) is 11.9 Å². The van der Waals surface area contributed by atoms with E-state index in [0.29, 0.717) is 6.54 Å². The summed E-state index contributed by atoms with van der Waals surface area (Å²) in [5, 5.41) is 6.03. The summed E-state index contributed by atoms with van der Waals surface area (Å²) in [6.45, 7) is 7.27. The lowest BCUT2D eigenvalue weighted by Crippen LogP contribution is -2.42. The number of pyridine rings is 1. The van der Waals surface area contributed by atoms with Crippen molar-refractivity contribution in [1.29, 1.82) is 0 Å². The monoisotopic (exact) mass is 235 g/mol. The lowest BCUT2D eigenvalue weighted by atomic mass is 10.2. The molecule has 1 unspecified atom stereocenters. The Morgan fingerprint density at radius 1 is 1.53 bits per heavy atom. The molecule has 0 saturated heterocycles. The largest absolute Gasteiger partial charge is 0.355 e. The predicted octanol–water partition coefficient (Wildman–Crippen LogP) is 1.39. The average molecular weight is 235 g/mol. The highest BCUT2D eigenvalue weighted by molar-refractivity contribution is 5.81. The molecule has 2 N–H and O–H groups in total. The average Bonchev–Trinajstić information content (AvgIpc) is 2.34. The van der Waals surface area contributed by atoms with E-state index in [4.69, 9.17) is 0 Å². The Hall–Kier alpha value is -1.42. The predicted molar refractivity (Wildman–Crippen MR) is 68.6 cm³/mol. The van der Waals surface area contributed by atoms with Crippen LogP contribution in [0.2, 0.25) is 0 Å². The first-order valence-electron chi connectivity index (χ1n) is 6.06. The zero-order valence-electron chi connectivity index (χ0n) is 10.8. The minimum Gasteiger partial charge on any atom is -0.355 e. The lowest BCUT2D eigenvalue weighted by Gasteiger charge is -2.14. The van der Waals surface area contributed by atoms with Crippen LogP contribution in [-0.2, 0) is 11.3 Å². The van der Waals surface area contributed by atoms with Crippen molar-refractivity contribution in [3.8, 4) is 0 Å². The van der Waals surface area contributed by atoms with Crippen LogP contribution in [0.15, 0.2) is 18.3 Å². The third-order valence-corrected chi connectivity index (χ3v) is 2.64. The van der Waals surface area contributed by atoms with E-state index >= 15 is 0 Å². The first-order valence-corrected chi connectivity index (χ1v) is 6.06. The van der Waals surface area contributed by atoms with Crippen LogP contribution in [0.1, 0.15) is 31.5 Å². The van der Waals surface area contributed by atoms with Crippen molar-refractivity contribution >= 4 is 5.91 Å². The quantitative estimate of drug-likeness (QED) is 0.783. The number of amides is 1. The molecule has 0 aliphatic heterocycles. The van der Waals surface area contributed by atoms with E-state index in [9.17, 15) is 4.79 Å². The number of carbonyl (C=O) groups is 1. The molecule has 1 aromatic rings. The molecular formula is C13H21N3O. The fourth-order valence-electron chi connectivity index (χ4n) is 1.45. The Morgan fingerprint density at radius 2 is 2.29 bits per heavy atom. The molecule has 4 heteroatoms. The standard InChI is InChI=1S/C13H21N3O/c1-4-7-15-13(17)11(3)16-9-12-10(2)6-5-8-14-12/h5-6,8,11,16H,4,7,9H2,1-3H3,(H,15,17). The van der Waals surface area contributed by atoms with Crippen LogP contribution in [0, 0.1) is 6.92 Å². The van der Waals surface area contributed by atoms with E-state index in [1.807, 2.05) is 32.9 Å². The molecular weight excluding hydrogens is 214 g/mol. The molecule has 0 radical (unpaired) electrons. The summed E-state index contributed by atoms with van der Waals surface area (Å²) in [6.07, 6.45) is 2.73. The van der Waals surface area contributed by atoms with Crippen LogP contribution in [-0.4, -0.2) is 23.5 Å². The van der Waals surface area contributed by atoms with Gasteiger partial charge in [0, 0.05) is 19.3 Å². The third-order valence-electron chi connectivity index (χ3n) is 2.64. The van der Waals surface area contributed by atoms with Gasteiger partial charge in [-0.05, 0) is 31.9 Å². The molecule has 1 aromatic heterocycles. The number of nitrogens with one attached hydrogen (secondary N) is 2. The Bertz CT molecular complexity index is 365. The molecule has 0 aliphatic carbocycles. The smallest absolute Gasteiger partial charge is 0.236 e. The summed E-state index contributed by atoms with van der Waals surface area (Å²) >= 11 is 0. The minimum atomic E-state index is -0.192. The first kappa shape index (κ1) is 13.6. The molecule has 1 rings (SSSR count). The van der Waals surface area contributed by atoms with E-state index in [1.165, 1.54) is 0 Å². The number of carbonyl (C=O) groups excluding carboxylic acids is 1. The van der Waals surface area contributed by atoms with Crippen LogP contribution in [0.4, 0.5) is 0 Å². The molecule has 17 heavy (non-hydrogen) atoms. The van der Waals surface area contributed by atoms with Gasteiger partial charge in [0.15, 0.2) is 0 Å². The van der Waals surface area contributed by atoms with Gasteiger partial charge < -0.3 is 10.6 Å². The van der Waals surface area contributed by atoms with E-state index in [0.717, 1.165) is 24.2 Å². The van der Waals surface area contributed by atoms with Crippen molar-refractivity contribution in [3.05, 3.63) is 29.6 Å². The zero-order valence-corrected chi connectivity index (χ0v) is 10.8. The van der Waals surface area contributed by atoms with E-state index in [1.54, 1.807) is 6.20 Å². The first-order chi connectivity index (χ1) is 8.15.